The fourth-order valence-corrected chi connectivity index (χ4v) is 4.81. The molecule has 1 saturated carbocycles. The number of ether oxygens (including phenoxy) is 1. The topological polar surface area (TPSA) is 68.2 Å². The first-order chi connectivity index (χ1) is 13.8. The molecule has 1 aliphatic carbocycles. The molecule has 0 spiro atoms. The Morgan fingerprint density at radius 1 is 1.25 bits per heavy atom. The van der Waals surface area contributed by atoms with Crippen LogP contribution in [0.5, 0.6) is 0 Å². The zero-order valence-corrected chi connectivity index (χ0v) is 16.5. The minimum absolute atomic E-state index is 0.0350. The van der Waals surface area contributed by atoms with Crippen molar-refractivity contribution in [3.05, 3.63) is 53.2 Å². The van der Waals surface area contributed by atoms with Gasteiger partial charge in [0.15, 0.2) is 0 Å². The van der Waals surface area contributed by atoms with Gasteiger partial charge in [0.1, 0.15) is 6.10 Å². The number of nitrogens with zero attached hydrogens (tertiary/aromatic N) is 2. The first-order valence-electron chi connectivity index (χ1n) is 9.91. The monoisotopic (exact) mass is 396 g/mol. The molecule has 1 aromatic carbocycles. The highest BCUT2D eigenvalue weighted by Crippen LogP contribution is 2.34. The Bertz CT molecular complexity index is 978. The Labute approximate surface area is 167 Å². The van der Waals surface area contributed by atoms with Crippen LogP contribution in [-0.4, -0.2) is 28.5 Å². The van der Waals surface area contributed by atoms with Gasteiger partial charge in [-0.3, -0.25) is 4.68 Å². The average molecular weight is 397 g/mol. The lowest BCUT2D eigenvalue weighted by molar-refractivity contribution is 0.0921. The Kier molecular flexibility index (Phi) is 4.78. The molecule has 1 aliphatic heterocycles. The van der Waals surface area contributed by atoms with Crippen molar-refractivity contribution in [1.29, 1.82) is 0 Å². The van der Waals surface area contributed by atoms with Crippen LogP contribution in [0.2, 0.25) is 0 Å². The van der Waals surface area contributed by atoms with E-state index in [1.807, 2.05) is 18.3 Å². The molecular weight excluding hydrogens is 372 g/mol. The number of benzene rings is 1. The number of aromatic nitrogens is 2. The summed E-state index contributed by atoms with van der Waals surface area (Å²) < 4.78 is 9.25. The summed E-state index contributed by atoms with van der Waals surface area (Å²) >= 11 is 1.71. The lowest BCUT2D eigenvalue weighted by atomic mass is 10.1. The van der Waals surface area contributed by atoms with Gasteiger partial charge in [0.05, 0.1) is 11.7 Å². The van der Waals surface area contributed by atoms with Crippen LogP contribution in [0.3, 0.4) is 0 Å². The molecule has 0 bridgehead atoms. The molecule has 2 aliphatic rings. The SMILES string of the molecule is O=C(NCc1cccc2ccsc12)N[C@@H]1CCO[C@H]1c1ccnn1CC1CC1. The highest BCUT2D eigenvalue weighted by atomic mass is 32.1. The van der Waals surface area contributed by atoms with E-state index < -0.39 is 0 Å². The molecule has 1 saturated heterocycles. The third-order valence-electron chi connectivity index (χ3n) is 5.58. The average Bonchev–Trinajstić information content (AvgIpc) is 3.08. The van der Waals surface area contributed by atoms with Gasteiger partial charge in [-0.2, -0.15) is 5.10 Å². The molecule has 2 N–H and O–H groups in total. The van der Waals surface area contributed by atoms with Gasteiger partial charge in [-0.15, -0.1) is 11.3 Å². The summed E-state index contributed by atoms with van der Waals surface area (Å²) in [7, 11) is 0. The predicted octanol–water partition coefficient (Wildman–Crippen LogP) is 3.84. The molecule has 3 aromatic rings. The van der Waals surface area contributed by atoms with Gasteiger partial charge in [-0.05, 0) is 53.6 Å². The van der Waals surface area contributed by atoms with Gasteiger partial charge < -0.3 is 15.4 Å². The van der Waals surface area contributed by atoms with E-state index in [4.69, 9.17) is 4.74 Å². The highest BCUT2D eigenvalue weighted by molar-refractivity contribution is 7.17. The number of nitrogens with one attached hydrogen (secondary N) is 2. The zero-order chi connectivity index (χ0) is 18.9. The molecule has 5 rings (SSSR count). The van der Waals surface area contributed by atoms with E-state index in [1.54, 1.807) is 11.3 Å². The number of rotatable bonds is 6. The van der Waals surface area contributed by atoms with Gasteiger partial charge in [-0.25, -0.2) is 4.79 Å². The lowest BCUT2D eigenvalue weighted by Crippen LogP contribution is -2.43. The van der Waals surface area contributed by atoms with Crippen LogP contribution in [0.25, 0.3) is 10.1 Å². The van der Waals surface area contributed by atoms with Crippen molar-refractivity contribution in [3.8, 4) is 0 Å². The van der Waals surface area contributed by atoms with Crippen molar-refractivity contribution < 1.29 is 9.53 Å². The number of thiophene rings is 1. The van der Waals surface area contributed by atoms with E-state index in [-0.39, 0.29) is 18.2 Å². The fourth-order valence-electron chi connectivity index (χ4n) is 3.90. The van der Waals surface area contributed by atoms with Crippen LogP contribution in [0, 0.1) is 5.92 Å². The third-order valence-corrected chi connectivity index (χ3v) is 6.58. The zero-order valence-electron chi connectivity index (χ0n) is 15.6. The molecule has 2 atom stereocenters. The summed E-state index contributed by atoms with van der Waals surface area (Å²) in [6.45, 7) is 2.12. The van der Waals surface area contributed by atoms with E-state index in [1.165, 1.54) is 22.9 Å². The van der Waals surface area contributed by atoms with Crippen molar-refractivity contribution in [2.45, 2.75) is 44.5 Å². The number of fused-ring (bicyclic) bond motifs is 1. The smallest absolute Gasteiger partial charge is 0.315 e. The second-order valence-electron chi connectivity index (χ2n) is 7.65. The first-order valence-corrected chi connectivity index (χ1v) is 10.8. The third kappa shape index (κ3) is 3.64. The summed E-state index contributed by atoms with van der Waals surface area (Å²) in [5.41, 5.74) is 2.21. The van der Waals surface area contributed by atoms with Crippen molar-refractivity contribution in [2.24, 2.45) is 5.92 Å². The normalized spacial score (nSPS) is 21.9. The maximum atomic E-state index is 12.5. The first kappa shape index (κ1) is 17.7. The summed E-state index contributed by atoms with van der Waals surface area (Å²) in [5, 5.41) is 13.9. The number of hydrogen-bond donors (Lipinski definition) is 2. The van der Waals surface area contributed by atoms with E-state index in [9.17, 15) is 4.79 Å². The molecule has 146 valence electrons. The van der Waals surface area contributed by atoms with Crippen LogP contribution >= 0.6 is 11.3 Å². The van der Waals surface area contributed by atoms with Crippen LogP contribution < -0.4 is 10.6 Å². The molecule has 0 radical (unpaired) electrons. The second kappa shape index (κ2) is 7.56. The summed E-state index contributed by atoms with van der Waals surface area (Å²) in [5.74, 6) is 0.745. The summed E-state index contributed by atoms with van der Waals surface area (Å²) in [6, 6.07) is 10.1. The number of hydrogen-bond acceptors (Lipinski definition) is 4. The van der Waals surface area contributed by atoms with Crippen LogP contribution in [0.15, 0.2) is 41.9 Å². The number of urea groups is 1. The number of amides is 2. The Hall–Kier alpha value is -2.38. The van der Waals surface area contributed by atoms with E-state index in [2.05, 4.69) is 44.0 Å². The lowest BCUT2D eigenvalue weighted by Gasteiger charge is -2.21. The van der Waals surface area contributed by atoms with Crippen molar-refractivity contribution in [2.75, 3.05) is 6.61 Å². The molecule has 0 unspecified atom stereocenters. The molecule has 2 fully saturated rings. The molecule has 3 heterocycles. The van der Waals surface area contributed by atoms with Crippen molar-refractivity contribution in [1.82, 2.24) is 20.4 Å². The number of carbonyl (C=O) groups is 1. The van der Waals surface area contributed by atoms with Crippen molar-refractivity contribution in [3.63, 3.8) is 0 Å². The molecule has 7 heteroatoms. The van der Waals surface area contributed by atoms with Crippen LogP contribution in [0.1, 0.15) is 36.6 Å². The quantitative estimate of drug-likeness (QED) is 0.665. The Morgan fingerprint density at radius 3 is 3.07 bits per heavy atom. The van der Waals surface area contributed by atoms with Gasteiger partial charge in [0, 0.05) is 30.6 Å². The molecule has 2 aromatic heterocycles. The maximum Gasteiger partial charge on any atom is 0.315 e. The Balaban J connectivity index is 1.22. The molecule has 6 nitrogen and oxygen atoms in total. The summed E-state index contributed by atoms with van der Waals surface area (Å²) in [6.07, 6.45) is 5.08. The minimum Gasteiger partial charge on any atom is -0.370 e. The predicted molar refractivity (Wildman–Crippen MR) is 109 cm³/mol. The second-order valence-corrected chi connectivity index (χ2v) is 8.57. The highest BCUT2D eigenvalue weighted by Gasteiger charge is 2.34. The van der Waals surface area contributed by atoms with E-state index in [0.717, 1.165) is 30.1 Å². The standard InChI is InChI=1S/C21H24N4O2S/c26-21(22-12-16-3-1-2-15-8-11-28-20(15)16)24-17-7-10-27-19(17)18-6-9-23-25(18)13-14-4-5-14/h1-3,6,8-9,11,14,17,19H,4-5,7,10,12-13H2,(H2,22,24,26)/t17-,19-/m1/s1. The largest absolute Gasteiger partial charge is 0.370 e. The van der Waals surface area contributed by atoms with Gasteiger partial charge in [0.25, 0.3) is 0 Å². The molecule has 28 heavy (non-hydrogen) atoms. The van der Waals surface area contributed by atoms with Gasteiger partial charge in [-0.1, -0.05) is 18.2 Å². The van der Waals surface area contributed by atoms with E-state index in [0.29, 0.717) is 13.2 Å². The van der Waals surface area contributed by atoms with Crippen LogP contribution in [0.4, 0.5) is 4.79 Å². The van der Waals surface area contributed by atoms with Crippen molar-refractivity contribution >= 4 is 27.5 Å². The van der Waals surface area contributed by atoms with Crippen LogP contribution in [-0.2, 0) is 17.8 Å². The number of carbonyl (C=O) groups excluding carboxylic acids is 1. The summed E-state index contributed by atoms with van der Waals surface area (Å²) in [4.78, 5) is 12.5. The molecule has 2 amide bonds. The van der Waals surface area contributed by atoms with E-state index >= 15 is 0 Å². The molecular formula is C21H24N4O2S. The Morgan fingerprint density at radius 2 is 2.18 bits per heavy atom. The minimum atomic E-state index is -0.151. The van der Waals surface area contributed by atoms with Gasteiger partial charge >= 0.3 is 6.03 Å². The maximum absolute atomic E-state index is 12.5. The van der Waals surface area contributed by atoms with Gasteiger partial charge in [0.2, 0.25) is 0 Å². The fraction of sp³-hybridized carbons (Fsp3) is 0.429.